The van der Waals surface area contributed by atoms with Gasteiger partial charge in [-0.25, -0.2) is 4.98 Å². The van der Waals surface area contributed by atoms with Gasteiger partial charge in [-0.1, -0.05) is 6.42 Å². The molecule has 0 radical (unpaired) electrons. The van der Waals surface area contributed by atoms with Gasteiger partial charge >= 0.3 is 0 Å². The summed E-state index contributed by atoms with van der Waals surface area (Å²) in [7, 11) is 3.98. The number of aryl methyl sites for hydroxylation is 1. The van der Waals surface area contributed by atoms with E-state index < -0.39 is 0 Å². The van der Waals surface area contributed by atoms with Gasteiger partial charge in [0.15, 0.2) is 0 Å². The van der Waals surface area contributed by atoms with Crippen LogP contribution in [-0.2, 0) is 0 Å². The summed E-state index contributed by atoms with van der Waals surface area (Å²) in [6.07, 6.45) is 6.21. The number of hydrogen-bond acceptors (Lipinski definition) is 6. The molecular weight excluding hydrogens is 326 g/mol. The Bertz CT molecular complexity index is 643. The van der Waals surface area contributed by atoms with Crippen LogP contribution in [0.5, 0.6) is 0 Å². The molecule has 3 fully saturated rings. The van der Waals surface area contributed by atoms with Crippen LogP contribution >= 0.6 is 0 Å². The van der Waals surface area contributed by atoms with Gasteiger partial charge in [0, 0.05) is 63.5 Å². The van der Waals surface area contributed by atoms with Gasteiger partial charge in [0.25, 0.3) is 0 Å². The van der Waals surface area contributed by atoms with Crippen LogP contribution in [0.25, 0.3) is 0 Å². The number of piperidine rings is 1. The van der Waals surface area contributed by atoms with Crippen molar-refractivity contribution in [2.75, 3.05) is 56.7 Å². The van der Waals surface area contributed by atoms with Gasteiger partial charge in [-0.05, 0) is 38.5 Å². The summed E-state index contributed by atoms with van der Waals surface area (Å²) < 4.78 is 0. The highest BCUT2D eigenvalue weighted by molar-refractivity contribution is 5.45. The van der Waals surface area contributed by atoms with E-state index in [0.29, 0.717) is 12.6 Å². The molecule has 2 saturated heterocycles. The molecule has 2 aliphatic heterocycles. The Labute approximate surface area is 157 Å². The number of anilines is 2. The Morgan fingerprint density at radius 2 is 2.00 bits per heavy atom. The van der Waals surface area contributed by atoms with E-state index in [-0.39, 0.29) is 5.41 Å². The summed E-state index contributed by atoms with van der Waals surface area (Å²) in [5.41, 5.74) is 1.24. The third kappa shape index (κ3) is 3.18. The molecule has 3 aliphatic rings. The van der Waals surface area contributed by atoms with Crippen LogP contribution in [0.4, 0.5) is 11.8 Å². The fourth-order valence-corrected chi connectivity index (χ4v) is 5.35. The third-order valence-electron chi connectivity index (χ3n) is 6.91. The molecule has 6 heteroatoms. The number of fused-ring (bicyclic) bond motifs is 1. The molecule has 1 aromatic heterocycles. The van der Waals surface area contributed by atoms with Crippen LogP contribution in [0.2, 0.25) is 0 Å². The molecule has 0 spiro atoms. The lowest BCUT2D eigenvalue weighted by atomic mass is 9.82. The molecule has 6 nitrogen and oxygen atoms in total. The maximum atomic E-state index is 9.98. The maximum absolute atomic E-state index is 9.98. The van der Waals surface area contributed by atoms with Gasteiger partial charge in [-0.3, -0.25) is 4.90 Å². The minimum atomic E-state index is 0.210. The highest BCUT2D eigenvalue weighted by Gasteiger charge is 2.50. The van der Waals surface area contributed by atoms with Crippen LogP contribution < -0.4 is 9.80 Å². The maximum Gasteiger partial charge on any atom is 0.226 e. The number of aromatic nitrogens is 2. The monoisotopic (exact) mass is 359 g/mol. The van der Waals surface area contributed by atoms with Crippen LogP contribution in [0.15, 0.2) is 6.07 Å². The molecule has 0 amide bonds. The molecule has 1 aliphatic carbocycles. The lowest BCUT2D eigenvalue weighted by Gasteiger charge is -2.38. The smallest absolute Gasteiger partial charge is 0.226 e. The zero-order chi connectivity index (χ0) is 18.3. The molecular formula is C20H33N5O. The normalized spacial score (nSPS) is 30.0. The topological polar surface area (TPSA) is 55.7 Å². The molecule has 1 saturated carbocycles. The quantitative estimate of drug-likeness (QED) is 0.886. The van der Waals surface area contributed by atoms with Crippen molar-refractivity contribution >= 4 is 11.8 Å². The number of hydrogen-bond donors (Lipinski definition) is 1. The molecule has 0 bridgehead atoms. The first-order valence-electron chi connectivity index (χ1n) is 10.1. The van der Waals surface area contributed by atoms with Gasteiger partial charge in [0.2, 0.25) is 5.95 Å². The molecule has 1 aromatic rings. The van der Waals surface area contributed by atoms with E-state index in [1.807, 2.05) is 25.9 Å². The number of aliphatic hydroxyl groups excluding tert-OH is 1. The highest BCUT2D eigenvalue weighted by Crippen LogP contribution is 2.49. The highest BCUT2D eigenvalue weighted by atomic mass is 16.3. The minimum absolute atomic E-state index is 0.210. The number of rotatable bonds is 4. The van der Waals surface area contributed by atoms with Gasteiger partial charge in [-0.2, -0.15) is 4.98 Å². The molecule has 0 unspecified atom stereocenters. The first-order valence-corrected chi connectivity index (χ1v) is 10.1. The Kier molecular flexibility index (Phi) is 4.82. The zero-order valence-corrected chi connectivity index (χ0v) is 16.5. The van der Waals surface area contributed by atoms with E-state index in [1.54, 1.807) is 0 Å². The molecule has 0 aromatic carbocycles. The Hall–Kier alpha value is -1.40. The second kappa shape index (κ2) is 6.97. The van der Waals surface area contributed by atoms with Crippen molar-refractivity contribution in [1.82, 2.24) is 14.9 Å². The molecule has 4 rings (SSSR count). The zero-order valence-electron chi connectivity index (χ0n) is 16.5. The van der Waals surface area contributed by atoms with E-state index in [2.05, 4.69) is 20.9 Å². The summed E-state index contributed by atoms with van der Waals surface area (Å²) in [5, 5.41) is 9.98. The summed E-state index contributed by atoms with van der Waals surface area (Å²) >= 11 is 0. The molecule has 3 heterocycles. The number of likely N-dealkylation sites (tertiary alicyclic amines) is 1. The lowest BCUT2D eigenvalue weighted by Crippen LogP contribution is -2.45. The average Bonchev–Trinajstić information content (AvgIpc) is 3.19. The third-order valence-corrected chi connectivity index (χ3v) is 6.91. The standard InChI is InChI=1S/C20H33N5O/c1-15-11-18(22-19(21-15)23(2)3)24-9-6-17(7-10-24)25-12-16-5-4-8-20(16,13-25)14-26/h11,16-17,26H,4-10,12-14H2,1-3H3/t16-,20+/m0/s1. The van der Waals surface area contributed by atoms with E-state index in [1.165, 1.54) is 38.6 Å². The van der Waals surface area contributed by atoms with Gasteiger partial charge in [0.1, 0.15) is 5.82 Å². The van der Waals surface area contributed by atoms with Crippen molar-refractivity contribution in [3.8, 4) is 0 Å². The summed E-state index contributed by atoms with van der Waals surface area (Å²) in [6.45, 7) is 6.84. The lowest BCUT2D eigenvalue weighted by molar-refractivity contribution is 0.102. The van der Waals surface area contributed by atoms with Crippen LogP contribution in [0.3, 0.4) is 0 Å². The van der Waals surface area contributed by atoms with Crippen molar-refractivity contribution < 1.29 is 5.11 Å². The van der Waals surface area contributed by atoms with Gasteiger partial charge in [0.05, 0.1) is 6.61 Å². The Morgan fingerprint density at radius 1 is 1.23 bits per heavy atom. The van der Waals surface area contributed by atoms with E-state index in [4.69, 9.17) is 4.98 Å². The second-order valence-electron chi connectivity index (χ2n) is 8.82. The molecule has 144 valence electrons. The number of aliphatic hydroxyl groups is 1. The van der Waals surface area contributed by atoms with E-state index in [0.717, 1.165) is 43.0 Å². The summed E-state index contributed by atoms with van der Waals surface area (Å²) in [5.74, 6) is 2.57. The Balaban J connectivity index is 1.39. The number of nitrogens with zero attached hydrogens (tertiary/aromatic N) is 5. The van der Waals surface area contributed by atoms with E-state index >= 15 is 0 Å². The largest absolute Gasteiger partial charge is 0.396 e. The van der Waals surface area contributed by atoms with Gasteiger partial charge < -0.3 is 14.9 Å². The summed E-state index contributed by atoms with van der Waals surface area (Å²) in [6, 6.07) is 2.77. The summed E-state index contributed by atoms with van der Waals surface area (Å²) in [4.78, 5) is 16.3. The second-order valence-corrected chi connectivity index (χ2v) is 8.82. The van der Waals surface area contributed by atoms with Gasteiger partial charge in [-0.15, -0.1) is 0 Å². The molecule has 2 atom stereocenters. The fourth-order valence-electron chi connectivity index (χ4n) is 5.35. The van der Waals surface area contributed by atoms with Crippen molar-refractivity contribution in [3.05, 3.63) is 11.8 Å². The minimum Gasteiger partial charge on any atom is -0.396 e. The van der Waals surface area contributed by atoms with Crippen molar-refractivity contribution in [2.45, 2.75) is 45.1 Å². The first kappa shape index (κ1) is 18.0. The first-order chi connectivity index (χ1) is 12.5. The molecule has 26 heavy (non-hydrogen) atoms. The SMILES string of the molecule is Cc1cc(N2CCC(N3C[C@@H]4CCC[C@]4(CO)C3)CC2)nc(N(C)C)n1. The Morgan fingerprint density at radius 3 is 2.65 bits per heavy atom. The van der Waals surface area contributed by atoms with Crippen molar-refractivity contribution in [3.63, 3.8) is 0 Å². The average molecular weight is 360 g/mol. The van der Waals surface area contributed by atoms with Crippen LogP contribution in [-0.4, -0.2) is 72.9 Å². The predicted octanol–water partition coefficient (Wildman–Crippen LogP) is 1.91. The molecule has 1 N–H and O–H groups in total. The van der Waals surface area contributed by atoms with Crippen molar-refractivity contribution in [1.29, 1.82) is 0 Å². The van der Waals surface area contributed by atoms with E-state index in [9.17, 15) is 5.11 Å². The van der Waals surface area contributed by atoms with Crippen LogP contribution in [0.1, 0.15) is 37.8 Å². The van der Waals surface area contributed by atoms with Crippen LogP contribution in [0, 0.1) is 18.3 Å². The van der Waals surface area contributed by atoms with Crippen molar-refractivity contribution in [2.24, 2.45) is 11.3 Å². The fraction of sp³-hybridized carbons (Fsp3) is 0.800. The predicted molar refractivity (Wildman–Crippen MR) is 105 cm³/mol.